The van der Waals surface area contributed by atoms with Crippen molar-refractivity contribution in [3.05, 3.63) is 63.3 Å². The Bertz CT molecular complexity index is 771. The second-order valence-corrected chi connectivity index (χ2v) is 5.70. The van der Waals surface area contributed by atoms with Gasteiger partial charge >= 0.3 is 0 Å². The van der Waals surface area contributed by atoms with Crippen molar-refractivity contribution < 1.29 is 13.9 Å². The van der Waals surface area contributed by atoms with Gasteiger partial charge in [-0.25, -0.2) is 4.39 Å². The van der Waals surface area contributed by atoms with E-state index in [0.29, 0.717) is 10.6 Å². The SMILES string of the molecule is O=C(NCC#CCOc1ccccc1F)c1cc(Br)ccc1Cl. The van der Waals surface area contributed by atoms with Crippen molar-refractivity contribution in [3.8, 4) is 17.6 Å². The largest absolute Gasteiger partial charge is 0.478 e. The van der Waals surface area contributed by atoms with Gasteiger partial charge in [-0.05, 0) is 30.3 Å². The molecule has 0 aliphatic heterocycles. The molecule has 0 atom stereocenters. The van der Waals surface area contributed by atoms with Crippen molar-refractivity contribution in [2.75, 3.05) is 13.2 Å². The summed E-state index contributed by atoms with van der Waals surface area (Å²) >= 11 is 9.24. The molecule has 0 saturated heterocycles. The fourth-order valence-electron chi connectivity index (χ4n) is 1.68. The highest BCUT2D eigenvalue weighted by molar-refractivity contribution is 9.10. The Kier molecular flexibility index (Phi) is 6.45. The number of hydrogen-bond acceptors (Lipinski definition) is 2. The molecule has 0 radical (unpaired) electrons. The van der Waals surface area contributed by atoms with E-state index in [-0.39, 0.29) is 24.8 Å². The Morgan fingerprint density at radius 3 is 2.83 bits per heavy atom. The molecule has 0 fully saturated rings. The van der Waals surface area contributed by atoms with E-state index in [9.17, 15) is 9.18 Å². The molecule has 3 nitrogen and oxygen atoms in total. The first-order valence-electron chi connectivity index (χ1n) is 6.64. The first-order chi connectivity index (χ1) is 11.1. The summed E-state index contributed by atoms with van der Waals surface area (Å²) in [5.41, 5.74) is 0.366. The van der Waals surface area contributed by atoms with Crippen LogP contribution < -0.4 is 10.1 Å². The zero-order chi connectivity index (χ0) is 16.7. The molecule has 0 heterocycles. The summed E-state index contributed by atoms with van der Waals surface area (Å²) in [6, 6.07) is 11.1. The zero-order valence-corrected chi connectivity index (χ0v) is 14.2. The average Bonchev–Trinajstić information content (AvgIpc) is 2.54. The third kappa shape index (κ3) is 5.27. The van der Waals surface area contributed by atoms with Gasteiger partial charge in [-0.2, -0.15) is 0 Å². The first kappa shape index (κ1) is 17.3. The standard InChI is InChI=1S/C17H12BrClFNO2/c18-12-7-8-14(19)13(11-12)17(22)21-9-3-4-10-23-16-6-2-1-5-15(16)20/h1-2,5-8,11H,9-10H2,(H,21,22). The predicted octanol–water partition coefficient (Wildman–Crippen LogP) is 4.05. The summed E-state index contributed by atoms with van der Waals surface area (Å²) in [6.45, 7) is 0.177. The van der Waals surface area contributed by atoms with E-state index in [0.717, 1.165) is 4.47 Å². The lowest BCUT2D eigenvalue weighted by Crippen LogP contribution is -2.24. The van der Waals surface area contributed by atoms with Gasteiger partial charge in [0, 0.05) is 4.47 Å². The van der Waals surface area contributed by atoms with E-state index in [1.165, 1.54) is 12.1 Å². The van der Waals surface area contributed by atoms with Crippen molar-refractivity contribution >= 4 is 33.4 Å². The minimum absolute atomic E-state index is 0.0362. The average molecular weight is 397 g/mol. The van der Waals surface area contributed by atoms with E-state index in [2.05, 4.69) is 33.1 Å². The van der Waals surface area contributed by atoms with E-state index in [1.54, 1.807) is 30.3 Å². The number of amides is 1. The molecule has 0 unspecified atom stereocenters. The minimum Gasteiger partial charge on any atom is -0.478 e. The fraction of sp³-hybridized carbons (Fsp3) is 0.118. The Balaban J connectivity index is 1.80. The van der Waals surface area contributed by atoms with Gasteiger partial charge in [0.1, 0.15) is 6.61 Å². The van der Waals surface area contributed by atoms with Crippen LogP contribution in [0.25, 0.3) is 0 Å². The highest BCUT2D eigenvalue weighted by atomic mass is 79.9. The Morgan fingerprint density at radius 2 is 2.04 bits per heavy atom. The highest BCUT2D eigenvalue weighted by Crippen LogP contribution is 2.20. The van der Waals surface area contributed by atoms with Crippen LogP contribution in [0.15, 0.2) is 46.9 Å². The molecule has 0 aliphatic rings. The van der Waals surface area contributed by atoms with Gasteiger partial charge in [-0.15, -0.1) is 0 Å². The zero-order valence-electron chi connectivity index (χ0n) is 11.9. The number of hydrogen-bond donors (Lipinski definition) is 1. The van der Waals surface area contributed by atoms with Crippen molar-refractivity contribution in [3.63, 3.8) is 0 Å². The maximum Gasteiger partial charge on any atom is 0.253 e. The van der Waals surface area contributed by atoms with Crippen LogP contribution in [0.2, 0.25) is 5.02 Å². The highest BCUT2D eigenvalue weighted by Gasteiger charge is 2.09. The predicted molar refractivity (Wildman–Crippen MR) is 91.2 cm³/mol. The molecule has 0 aliphatic carbocycles. The van der Waals surface area contributed by atoms with Gasteiger partial charge in [0.2, 0.25) is 0 Å². The lowest BCUT2D eigenvalue weighted by Gasteiger charge is -2.04. The van der Waals surface area contributed by atoms with E-state index >= 15 is 0 Å². The number of rotatable bonds is 4. The molecule has 2 aromatic carbocycles. The van der Waals surface area contributed by atoms with Gasteiger partial charge in [-0.3, -0.25) is 4.79 Å². The monoisotopic (exact) mass is 395 g/mol. The molecule has 2 aromatic rings. The molecule has 0 saturated carbocycles. The summed E-state index contributed by atoms with van der Waals surface area (Å²) < 4.78 is 19.2. The molecular weight excluding hydrogens is 385 g/mol. The van der Waals surface area contributed by atoms with Crippen molar-refractivity contribution in [2.45, 2.75) is 0 Å². The van der Waals surface area contributed by atoms with Gasteiger partial charge in [0.25, 0.3) is 5.91 Å². The van der Waals surface area contributed by atoms with E-state index < -0.39 is 5.82 Å². The smallest absolute Gasteiger partial charge is 0.253 e. The maximum atomic E-state index is 13.3. The summed E-state index contributed by atoms with van der Waals surface area (Å²) in [4.78, 5) is 12.0. The third-order valence-electron chi connectivity index (χ3n) is 2.77. The van der Waals surface area contributed by atoms with Crippen LogP contribution >= 0.6 is 27.5 Å². The fourth-order valence-corrected chi connectivity index (χ4v) is 2.24. The number of para-hydroxylation sites is 1. The Morgan fingerprint density at radius 1 is 1.26 bits per heavy atom. The van der Waals surface area contributed by atoms with Crippen molar-refractivity contribution in [2.24, 2.45) is 0 Å². The summed E-state index contributed by atoms with van der Waals surface area (Å²) in [7, 11) is 0. The van der Waals surface area contributed by atoms with Gasteiger partial charge in [0.05, 0.1) is 17.1 Å². The van der Waals surface area contributed by atoms with Crippen LogP contribution in [-0.2, 0) is 0 Å². The van der Waals surface area contributed by atoms with E-state index in [1.807, 2.05) is 0 Å². The van der Waals surface area contributed by atoms with Crippen LogP contribution in [0.1, 0.15) is 10.4 Å². The number of ether oxygens (including phenoxy) is 1. The third-order valence-corrected chi connectivity index (χ3v) is 3.59. The summed E-state index contributed by atoms with van der Waals surface area (Å²) in [6.07, 6.45) is 0. The normalized spacial score (nSPS) is 9.70. The van der Waals surface area contributed by atoms with Gasteiger partial charge in [-0.1, -0.05) is 51.5 Å². The number of carbonyl (C=O) groups is 1. The molecule has 1 amide bonds. The molecule has 0 bridgehead atoms. The molecule has 1 N–H and O–H groups in total. The molecule has 0 aromatic heterocycles. The second-order valence-electron chi connectivity index (χ2n) is 4.38. The molecule has 6 heteroatoms. The molecule has 2 rings (SSSR count). The minimum atomic E-state index is -0.438. The second kappa shape index (κ2) is 8.56. The molecule has 118 valence electrons. The lowest BCUT2D eigenvalue weighted by atomic mass is 10.2. The van der Waals surface area contributed by atoms with E-state index in [4.69, 9.17) is 16.3 Å². The Hall–Kier alpha value is -2.03. The summed E-state index contributed by atoms with van der Waals surface area (Å²) in [5, 5.41) is 2.99. The van der Waals surface area contributed by atoms with Crippen molar-refractivity contribution in [1.29, 1.82) is 0 Å². The van der Waals surface area contributed by atoms with Gasteiger partial charge < -0.3 is 10.1 Å². The van der Waals surface area contributed by atoms with Crippen LogP contribution in [0.3, 0.4) is 0 Å². The lowest BCUT2D eigenvalue weighted by molar-refractivity contribution is 0.0959. The van der Waals surface area contributed by atoms with Crippen LogP contribution in [0.4, 0.5) is 4.39 Å². The molecular formula is C17H12BrClFNO2. The van der Waals surface area contributed by atoms with Crippen LogP contribution in [0.5, 0.6) is 5.75 Å². The van der Waals surface area contributed by atoms with Crippen LogP contribution in [-0.4, -0.2) is 19.1 Å². The van der Waals surface area contributed by atoms with Crippen LogP contribution in [0, 0.1) is 17.7 Å². The van der Waals surface area contributed by atoms with Crippen molar-refractivity contribution in [1.82, 2.24) is 5.32 Å². The number of benzene rings is 2. The first-order valence-corrected chi connectivity index (χ1v) is 7.81. The number of halogens is 3. The maximum absolute atomic E-state index is 13.3. The number of nitrogens with one attached hydrogen (secondary N) is 1. The summed E-state index contributed by atoms with van der Waals surface area (Å²) in [5.74, 6) is 4.81. The topological polar surface area (TPSA) is 38.3 Å². The molecule has 23 heavy (non-hydrogen) atoms. The quantitative estimate of drug-likeness (QED) is 0.792. The van der Waals surface area contributed by atoms with Gasteiger partial charge in [0.15, 0.2) is 11.6 Å². The Labute approximate surface area is 146 Å². The molecule has 0 spiro atoms. The number of carbonyl (C=O) groups excluding carboxylic acids is 1.